The van der Waals surface area contributed by atoms with Crippen molar-refractivity contribution in [3.05, 3.63) is 23.3 Å². The molecule has 1 aliphatic heterocycles. The van der Waals surface area contributed by atoms with Crippen LogP contribution < -0.4 is 20.1 Å². The molecule has 32 heavy (non-hydrogen) atoms. The van der Waals surface area contributed by atoms with Gasteiger partial charge in [-0.15, -0.1) is 0 Å². The lowest BCUT2D eigenvalue weighted by atomic mass is 9.87. The number of carbonyl (C=O) groups excluding carboxylic acids is 1. The van der Waals surface area contributed by atoms with E-state index in [0.29, 0.717) is 31.3 Å². The lowest BCUT2D eigenvalue weighted by molar-refractivity contribution is -0.132. The van der Waals surface area contributed by atoms with Gasteiger partial charge < -0.3 is 25.0 Å². The Kier molecular flexibility index (Phi) is 9.06. The molecule has 7 heteroatoms. The van der Waals surface area contributed by atoms with Crippen molar-refractivity contribution in [2.24, 2.45) is 10.9 Å². The molecule has 1 aromatic rings. The van der Waals surface area contributed by atoms with E-state index < -0.39 is 0 Å². The van der Waals surface area contributed by atoms with Crippen molar-refractivity contribution in [3.63, 3.8) is 0 Å². The van der Waals surface area contributed by atoms with Crippen LogP contribution in [0.3, 0.4) is 0 Å². The van der Waals surface area contributed by atoms with E-state index >= 15 is 0 Å². The van der Waals surface area contributed by atoms with Gasteiger partial charge in [0.05, 0.1) is 14.2 Å². The second-order valence-electron chi connectivity index (χ2n) is 9.02. The van der Waals surface area contributed by atoms with Crippen LogP contribution in [-0.4, -0.2) is 56.7 Å². The number of carbonyl (C=O) groups is 1. The molecule has 2 atom stereocenters. The van der Waals surface area contributed by atoms with Crippen molar-refractivity contribution < 1.29 is 14.3 Å². The van der Waals surface area contributed by atoms with Crippen LogP contribution in [0.1, 0.15) is 63.5 Å². The van der Waals surface area contributed by atoms with Crippen molar-refractivity contribution in [1.82, 2.24) is 15.5 Å². The number of hydrogen-bond acceptors (Lipinski definition) is 4. The smallest absolute Gasteiger partial charge is 0.222 e. The third kappa shape index (κ3) is 6.53. The molecule has 2 aliphatic rings. The van der Waals surface area contributed by atoms with E-state index in [1.54, 1.807) is 14.2 Å². The number of ether oxygens (including phenoxy) is 2. The topological polar surface area (TPSA) is 75.2 Å². The van der Waals surface area contributed by atoms with E-state index in [1.807, 2.05) is 17.0 Å². The second kappa shape index (κ2) is 12.0. The molecule has 0 aromatic heterocycles. The molecule has 0 radical (unpaired) electrons. The zero-order valence-electron chi connectivity index (χ0n) is 20.2. The maximum atomic E-state index is 12.8. The average molecular weight is 445 g/mol. The molecule has 1 amide bonds. The predicted molar refractivity (Wildman–Crippen MR) is 128 cm³/mol. The lowest BCUT2D eigenvalue weighted by Crippen LogP contribution is -2.45. The molecule has 7 nitrogen and oxygen atoms in total. The molecular weight excluding hydrogens is 404 g/mol. The van der Waals surface area contributed by atoms with Crippen molar-refractivity contribution in [3.8, 4) is 11.5 Å². The summed E-state index contributed by atoms with van der Waals surface area (Å²) in [4.78, 5) is 19.5. The van der Waals surface area contributed by atoms with E-state index in [2.05, 4.69) is 24.5 Å². The predicted octanol–water partition coefficient (Wildman–Crippen LogP) is 3.50. The number of hydrogen-bond donors (Lipinski definition) is 2. The van der Waals surface area contributed by atoms with Gasteiger partial charge in [0.2, 0.25) is 5.91 Å². The van der Waals surface area contributed by atoms with Gasteiger partial charge in [0.25, 0.3) is 0 Å². The highest BCUT2D eigenvalue weighted by molar-refractivity contribution is 5.80. The number of aliphatic imine (C=N–C) groups is 1. The Balaban J connectivity index is 1.48. The first-order valence-electron chi connectivity index (χ1n) is 12.1. The fraction of sp³-hybridized carbons (Fsp3) is 0.680. The van der Waals surface area contributed by atoms with Crippen molar-refractivity contribution in [1.29, 1.82) is 0 Å². The quantitative estimate of drug-likeness (QED) is 0.365. The van der Waals surface area contributed by atoms with Gasteiger partial charge in [0, 0.05) is 38.6 Å². The summed E-state index contributed by atoms with van der Waals surface area (Å²) in [6.07, 6.45) is 7.14. The Morgan fingerprint density at radius 2 is 1.94 bits per heavy atom. The molecule has 2 unspecified atom stereocenters. The van der Waals surface area contributed by atoms with Crippen LogP contribution >= 0.6 is 0 Å². The SMILES string of the molecule is CCNC(=NCCCC(=O)N1CCc2cc(OC)c(OC)cc2C1)NC1CCCC(C)C1. The number of nitrogens with zero attached hydrogens (tertiary/aromatic N) is 2. The number of guanidine groups is 1. The highest BCUT2D eigenvalue weighted by atomic mass is 16.5. The molecule has 0 bridgehead atoms. The van der Waals surface area contributed by atoms with Gasteiger partial charge in [0.15, 0.2) is 17.5 Å². The maximum Gasteiger partial charge on any atom is 0.222 e. The van der Waals surface area contributed by atoms with Crippen molar-refractivity contribution in [2.75, 3.05) is 33.9 Å². The van der Waals surface area contributed by atoms with Gasteiger partial charge in [-0.2, -0.15) is 0 Å². The number of amides is 1. The van der Waals surface area contributed by atoms with Gasteiger partial charge in [-0.1, -0.05) is 19.8 Å². The Morgan fingerprint density at radius 1 is 1.19 bits per heavy atom. The minimum atomic E-state index is 0.194. The summed E-state index contributed by atoms with van der Waals surface area (Å²) in [5.74, 6) is 3.31. The molecular formula is C25H40N4O3. The van der Waals surface area contributed by atoms with Crippen LogP contribution in [0.4, 0.5) is 0 Å². The van der Waals surface area contributed by atoms with E-state index in [-0.39, 0.29) is 5.91 Å². The summed E-state index contributed by atoms with van der Waals surface area (Å²) < 4.78 is 10.8. The first-order chi connectivity index (χ1) is 15.5. The summed E-state index contributed by atoms with van der Waals surface area (Å²) in [6, 6.07) is 4.54. The lowest BCUT2D eigenvalue weighted by Gasteiger charge is -2.30. The van der Waals surface area contributed by atoms with Gasteiger partial charge >= 0.3 is 0 Å². The monoisotopic (exact) mass is 444 g/mol. The highest BCUT2D eigenvalue weighted by Crippen LogP contribution is 2.33. The summed E-state index contributed by atoms with van der Waals surface area (Å²) in [5.41, 5.74) is 2.37. The van der Waals surface area contributed by atoms with Gasteiger partial charge in [-0.3, -0.25) is 9.79 Å². The zero-order chi connectivity index (χ0) is 22.9. The Morgan fingerprint density at radius 3 is 2.62 bits per heavy atom. The molecule has 1 heterocycles. The number of methoxy groups -OCH3 is 2. The third-order valence-corrected chi connectivity index (χ3v) is 6.51. The molecule has 3 rings (SSSR count). The Bertz CT molecular complexity index is 796. The van der Waals surface area contributed by atoms with Crippen LogP contribution in [0.25, 0.3) is 0 Å². The van der Waals surface area contributed by atoms with Gasteiger partial charge in [-0.25, -0.2) is 0 Å². The number of fused-ring (bicyclic) bond motifs is 1. The standard InChI is InChI=1S/C25H40N4O3/c1-5-26-25(28-21-9-6-8-18(2)14-21)27-12-7-10-24(30)29-13-11-19-15-22(31-3)23(32-4)16-20(19)17-29/h15-16,18,21H,5-14,17H2,1-4H3,(H2,26,27,28). The van der Waals surface area contributed by atoms with E-state index in [4.69, 9.17) is 14.5 Å². The molecule has 178 valence electrons. The number of nitrogens with one attached hydrogen (secondary N) is 2. The van der Waals surface area contributed by atoms with Crippen LogP contribution in [0, 0.1) is 5.92 Å². The van der Waals surface area contributed by atoms with E-state index in [0.717, 1.165) is 49.1 Å². The molecule has 0 saturated heterocycles. The summed E-state index contributed by atoms with van der Waals surface area (Å²) in [5, 5.41) is 6.94. The first-order valence-corrected chi connectivity index (χ1v) is 12.1. The summed E-state index contributed by atoms with van der Waals surface area (Å²) in [6.45, 7) is 7.28. The minimum Gasteiger partial charge on any atom is -0.493 e. The van der Waals surface area contributed by atoms with Crippen LogP contribution in [0.5, 0.6) is 11.5 Å². The average Bonchev–Trinajstić information content (AvgIpc) is 2.80. The van der Waals surface area contributed by atoms with E-state index in [9.17, 15) is 4.79 Å². The number of rotatable bonds is 8. The summed E-state index contributed by atoms with van der Waals surface area (Å²) in [7, 11) is 3.29. The largest absolute Gasteiger partial charge is 0.493 e. The first kappa shape index (κ1) is 24.2. The molecule has 1 saturated carbocycles. The van der Waals surface area contributed by atoms with Crippen LogP contribution in [-0.2, 0) is 17.8 Å². The van der Waals surface area contributed by atoms with Crippen LogP contribution in [0.2, 0.25) is 0 Å². The molecule has 2 N–H and O–H groups in total. The molecule has 1 aromatic carbocycles. The van der Waals surface area contributed by atoms with Crippen molar-refractivity contribution in [2.45, 2.75) is 71.4 Å². The van der Waals surface area contributed by atoms with Crippen molar-refractivity contribution >= 4 is 11.9 Å². The Hall–Kier alpha value is -2.44. The zero-order valence-corrected chi connectivity index (χ0v) is 20.2. The van der Waals surface area contributed by atoms with E-state index in [1.165, 1.54) is 31.2 Å². The molecule has 0 spiro atoms. The highest BCUT2D eigenvalue weighted by Gasteiger charge is 2.23. The second-order valence-corrected chi connectivity index (χ2v) is 9.02. The minimum absolute atomic E-state index is 0.194. The Labute approximate surface area is 192 Å². The number of benzene rings is 1. The normalized spacial score (nSPS) is 21.0. The summed E-state index contributed by atoms with van der Waals surface area (Å²) >= 11 is 0. The van der Waals surface area contributed by atoms with Crippen LogP contribution in [0.15, 0.2) is 17.1 Å². The van der Waals surface area contributed by atoms with Gasteiger partial charge in [-0.05, 0) is 61.8 Å². The molecule has 1 fully saturated rings. The molecule has 1 aliphatic carbocycles. The van der Waals surface area contributed by atoms with Gasteiger partial charge in [0.1, 0.15) is 0 Å². The third-order valence-electron chi connectivity index (χ3n) is 6.51. The fourth-order valence-electron chi connectivity index (χ4n) is 4.75. The maximum absolute atomic E-state index is 12.8. The fourth-order valence-corrected chi connectivity index (χ4v) is 4.75.